The highest BCUT2D eigenvalue weighted by Crippen LogP contribution is 2.42. The number of fused-ring (bicyclic) bond motifs is 1. The number of hydrogen-bond donors (Lipinski definition) is 2. The van der Waals surface area contributed by atoms with Gasteiger partial charge < -0.3 is 24.8 Å². The van der Waals surface area contributed by atoms with Gasteiger partial charge in [-0.05, 0) is 94.1 Å². The number of imidazole rings is 1. The number of para-hydroxylation sites is 1. The van der Waals surface area contributed by atoms with Crippen molar-refractivity contribution in [2.75, 3.05) is 31.2 Å². The number of anilines is 1. The monoisotopic (exact) mass is 617 g/mol. The third kappa shape index (κ3) is 5.78. The number of morpholine rings is 1. The molecule has 0 bridgehead atoms. The van der Waals surface area contributed by atoms with Crippen LogP contribution in [0.3, 0.4) is 0 Å². The highest BCUT2D eigenvalue weighted by atomic mass is 16.6. The van der Waals surface area contributed by atoms with Crippen LogP contribution in [-0.4, -0.2) is 57.6 Å². The van der Waals surface area contributed by atoms with Crippen molar-refractivity contribution in [3.05, 3.63) is 90.5 Å². The molecule has 1 aliphatic heterocycles. The summed E-state index contributed by atoms with van der Waals surface area (Å²) in [5.74, 6) is 0.738. The molecule has 1 saturated carbocycles. The summed E-state index contributed by atoms with van der Waals surface area (Å²) in [6.07, 6.45) is 2.31. The molecular formula is C37H39N5O4. The molecular weight excluding hydrogens is 578 g/mol. The number of nitrogens with one attached hydrogen (secondary N) is 1. The molecule has 2 aromatic heterocycles. The Morgan fingerprint density at radius 1 is 0.913 bits per heavy atom. The number of pyridine rings is 1. The van der Waals surface area contributed by atoms with Crippen molar-refractivity contribution in [2.24, 2.45) is 0 Å². The number of phenolic OH excluding ortho intramolecular Hbond substituents is 1. The van der Waals surface area contributed by atoms with Crippen molar-refractivity contribution < 1.29 is 19.4 Å². The SMILES string of the molecule is CC(C)(C)OC(=O)NC1(c2ccc(-n3c(-c4ccccc4O)nc4ccc(-c5cccc(N6CCOCC6)c5)nc43)cc2)CCC1. The van der Waals surface area contributed by atoms with E-state index in [-0.39, 0.29) is 5.75 Å². The topological polar surface area (TPSA) is 102 Å². The second-order valence-corrected chi connectivity index (χ2v) is 13.1. The van der Waals surface area contributed by atoms with Crippen molar-refractivity contribution in [3.63, 3.8) is 0 Å². The summed E-state index contributed by atoms with van der Waals surface area (Å²) in [5, 5.41) is 14.0. The van der Waals surface area contributed by atoms with Gasteiger partial charge in [0.05, 0.1) is 30.0 Å². The number of amides is 1. The molecule has 236 valence electrons. The van der Waals surface area contributed by atoms with Gasteiger partial charge in [-0.15, -0.1) is 0 Å². The summed E-state index contributed by atoms with van der Waals surface area (Å²) >= 11 is 0. The van der Waals surface area contributed by atoms with Crippen molar-refractivity contribution in [3.8, 4) is 34.1 Å². The number of nitrogens with zero attached hydrogens (tertiary/aromatic N) is 4. The zero-order chi connectivity index (χ0) is 31.9. The quantitative estimate of drug-likeness (QED) is 0.208. The smallest absolute Gasteiger partial charge is 0.408 e. The van der Waals surface area contributed by atoms with E-state index in [1.165, 1.54) is 0 Å². The predicted molar refractivity (Wildman–Crippen MR) is 179 cm³/mol. The standard InChI is InChI=1S/C37H39N5O4/c1-36(2,3)46-35(44)40-37(18-7-19-37)26-12-14-27(15-13-26)42-33(29-10-4-5-11-32(29)43)39-31-17-16-30(38-34(31)42)25-8-6-9-28(24-25)41-20-22-45-23-21-41/h4-6,8-17,24,43H,7,18-23H2,1-3H3,(H,40,44). The lowest BCUT2D eigenvalue weighted by Crippen LogP contribution is -2.52. The van der Waals surface area contributed by atoms with Crippen LogP contribution in [0.5, 0.6) is 5.75 Å². The summed E-state index contributed by atoms with van der Waals surface area (Å²) in [4.78, 5) is 25.2. The molecule has 0 radical (unpaired) electrons. The molecule has 5 aromatic rings. The van der Waals surface area contributed by atoms with Gasteiger partial charge in [-0.1, -0.05) is 36.4 Å². The van der Waals surface area contributed by atoms with Gasteiger partial charge in [-0.25, -0.2) is 14.8 Å². The Bertz CT molecular complexity index is 1880. The molecule has 0 unspecified atom stereocenters. The molecule has 1 saturated heterocycles. The van der Waals surface area contributed by atoms with Crippen molar-refractivity contribution in [1.29, 1.82) is 0 Å². The average molecular weight is 618 g/mol. The van der Waals surface area contributed by atoms with Crippen LogP contribution in [0.2, 0.25) is 0 Å². The largest absolute Gasteiger partial charge is 0.507 e. The predicted octanol–water partition coefficient (Wildman–Crippen LogP) is 7.20. The molecule has 0 atom stereocenters. The molecule has 2 fully saturated rings. The first kappa shape index (κ1) is 29.8. The fourth-order valence-corrected chi connectivity index (χ4v) is 6.33. The molecule has 2 N–H and O–H groups in total. The summed E-state index contributed by atoms with van der Waals surface area (Å²) in [7, 11) is 0. The number of ether oxygens (including phenoxy) is 2. The second-order valence-electron chi connectivity index (χ2n) is 13.1. The van der Waals surface area contributed by atoms with Crippen LogP contribution in [-0.2, 0) is 15.0 Å². The third-order valence-electron chi connectivity index (χ3n) is 8.79. The van der Waals surface area contributed by atoms with Gasteiger partial charge in [-0.2, -0.15) is 0 Å². The van der Waals surface area contributed by atoms with Crippen LogP contribution in [0, 0.1) is 0 Å². The van der Waals surface area contributed by atoms with Gasteiger partial charge in [-0.3, -0.25) is 4.57 Å². The summed E-state index contributed by atoms with van der Waals surface area (Å²) < 4.78 is 13.1. The first-order valence-corrected chi connectivity index (χ1v) is 15.9. The van der Waals surface area contributed by atoms with E-state index in [0.717, 1.165) is 79.3 Å². The lowest BCUT2D eigenvalue weighted by atomic mass is 9.72. The average Bonchev–Trinajstić information content (AvgIpc) is 3.41. The lowest BCUT2D eigenvalue weighted by Gasteiger charge is -2.43. The van der Waals surface area contributed by atoms with E-state index < -0.39 is 17.2 Å². The summed E-state index contributed by atoms with van der Waals surface area (Å²) in [5.41, 5.74) is 5.85. The molecule has 0 spiro atoms. The molecule has 7 rings (SSSR count). The second kappa shape index (κ2) is 11.8. The van der Waals surface area contributed by atoms with Crippen LogP contribution in [0.4, 0.5) is 10.5 Å². The zero-order valence-corrected chi connectivity index (χ0v) is 26.5. The first-order valence-electron chi connectivity index (χ1n) is 15.9. The number of aromatic nitrogens is 3. The maximum Gasteiger partial charge on any atom is 0.408 e. The van der Waals surface area contributed by atoms with Crippen LogP contribution in [0.15, 0.2) is 84.9 Å². The van der Waals surface area contributed by atoms with E-state index in [1.807, 2.05) is 61.7 Å². The summed E-state index contributed by atoms with van der Waals surface area (Å²) in [6, 6.07) is 27.8. The highest BCUT2D eigenvalue weighted by Gasteiger charge is 2.41. The number of aromatic hydroxyl groups is 1. The Morgan fingerprint density at radius 3 is 2.37 bits per heavy atom. The minimum Gasteiger partial charge on any atom is -0.507 e. The number of phenols is 1. The Labute approximate surface area is 268 Å². The van der Waals surface area contributed by atoms with E-state index in [9.17, 15) is 9.90 Å². The Balaban J connectivity index is 1.29. The van der Waals surface area contributed by atoms with Gasteiger partial charge in [0.15, 0.2) is 11.5 Å². The number of rotatable bonds is 6. The van der Waals surface area contributed by atoms with E-state index >= 15 is 0 Å². The molecule has 3 heterocycles. The van der Waals surface area contributed by atoms with Gasteiger partial charge in [0, 0.05) is 30.0 Å². The Kier molecular flexibility index (Phi) is 7.64. The number of hydrogen-bond acceptors (Lipinski definition) is 7. The van der Waals surface area contributed by atoms with Crippen LogP contribution in [0.1, 0.15) is 45.6 Å². The van der Waals surface area contributed by atoms with E-state index in [0.29, 0.717) is 17.0 Å². The van der Waals surface area contributed by atoms with Crippen molar-refractivity contribution >= 4 is 22.9 Å². The maximum absolute atomic E-state index is 12.7. The van der Waals surface area contributed by atoms with Crippen LogP contribution in [0.25, 0.3) is 39.5 Å². The lowest BCUT2D eigenvalue weighted by molar-refractivity contribution is 0.0377. The van der Waals surface area contributed by atoms with Crippen LogP contribution >= 0.6 is 0 Å². The maximum atomic E-state index is 12.7. The number of carbonyl (C=O) groups is 1. The molecule has 3 aromatic carbocycles. The van der Waals surface area contributed by atoms with E-state index in [2.05, 4.69) is 46.6 Å². The van der Waals surface area contributed by atoms with Gasteiger partial charge >= 0.3 is 6.09 Å². The van der Waals surface area contributed by atoms with Crippen LogP contribution < -0.4 is 10.2 Å². The van der Waals surface area contributed by atoms with Crippen molar-refractivity contribution in [2.45, 2.75) is 51.2 Å². The van der Waals surface area contributed by atoms with Gasteiger partial charge in [0.2, 0.25) is 0 Å². The fraction of sp³-hybridized carbons (Fsp3) is 0.324. The highest BCUT2D eigenvalue weighted by molar-refractivity contribution is 5.84. The normalized spacial score (nSPS) is 16.2. The molecule has 46 heavy (non-hydrogen) atoms. The fourth-order valence-electron chi connectivity index (χ4n) is 6.33. The molecule has 9 heteroatoms. The van der Waals surface area contributed by atoms with E-state index in [1.54, 1.807) is 12.1 Å². The minimum absolute atomic E-state index is 0.143. The van der Waals surface area contributed by atoms with Gasteiger partial charge in [0.25, 0.3) is 0 Å². The molecule has 1 aliphatic carbocycles. The first-order chi connectivity index (χ1) is 22.2. The number of carbonyl (C=O) groups excluding carboxylic acids is 1. The van der Waals surface area contributed by atoms with Gasteiger partial charge in [0.1, 0.15) is 16.9 Å². The molecule has 9 nitrogen and oxygen atoms in total. The summed E-state index contributed by atoms with van der Waals surface area (Å²) in [6.45, 7) is 8.76. The number of alkyl carbamates (subject to hydrolysis) is 1. The minimum atomic E-state index is -0.573. The van der Waals surface area contributed by atoms with E-state index in [4.69, 9.17) is 19.4 Å². The van der Waals surface area contributed by atoms with Crippen molar-refractivity contribution in [1.82, 2.24) is 19.9 Å². The molecule has 2 aliphatic rings. The molecule has 1 amide bonds. The Morgan fingerprint density at radius 2 is 1.67 bits per heavy atom. The number of benzene rings is 3. The Hall–Kier alpha value is -4.89. The third-order valence-corrected chi connectivity index (χ3v) is 8.79. The zero-order valence-electron chi connectivity index (χ0n) is 26.5.